The van der Waals surface area contributed by atoms with Gasteiger partial charge in [0.2, 0.25) is 11.1 Å². The van der Waals surface area contributed by atoms with Gasteiger partial charge in [0.25, 0.3) is 0 Å². The van der Waals surface area contributed by atoms with Gasteiger partial charge in [-0.1, -0.05) is 0 Å². The highest BCUT2D eigenvalue weighted by atomic mass is 32.2. The number of halogens is 4. The van der Waals surface area contributed by atoms with Gasteiger partial charge < -0.3 is 9.29 Å². The van der Waals surface area contributed by atoms with Crippen molar-refractivity contribution in [1.82, 2.24) is 0 Å². The number of esters is 1. The minimum absolute atomic E-state index is 0.458. The molecule has 0 bridgehead atoms. The van der Waals surface area contributed by atoms with Crippen molar-refractivity contribution in [3.63, 3.8) is 0 Å². The molecule has 1 unspecified atom stereocenters. The van der Waals surface area contributed by atoms with Crippen molar-refractivity contribution in [2.45, 2.75) is 44.8 Å². The molecule has 0 heterocycles. The molecular formula is C10H16F4O4S. The van der Waals surface area contributed by atoms with Gasteiger partial charge in [-0.05, 0) is 27.2 Å². The summed E-state index contributed by atoms with van der Waals surface area (Å²) in [5, 5.41) is -5.03. The predicted octanol–water partition coefficient (Wildman–Crippen LogP) is 2.81. The Labute approximate surface area is 110 Å². The lowest BCUT2D eigenvalue weighted by atomic mass is 9.97. The number of alkyl halides is 4. The SMILES string of the molecule is CC(C)(C)C(=O)OCCCC(F)(F)C(F)(F)S(=O)O. The Bertz CT molecular complexity index is 352. The van der Waals surface area contributed by atoms with Gasteiger partial charge in [-0.25, -0.2) is 4.21 Å². The third-order valence-corrected chi connectivity index (χ3v) is 2.86. The Morgan fingerprint density at radius 1 is 1.21 bits per heavy atom. The number of carbonyl (C=O) groups excluding carboxylic acids is 1. The molecule has 0 aliphatic carbocycles. The van der Waals surface area contributed by atoms with Crippen LogP contribution in [0.25, 0.3) is 0 Å². The van der Waals surface area contributed by atoms with E-state index in [-0.39, 0.29) is 0 Å². The van der Waals surface area contributed by atoms with Gasteiger partial charge in [-0.2, -0.15) is 17.6 Å². The number of ether oxygens (including phenoxy) is 1. The highest BCUT2D eigenvalue weighted by molar-refractivity contribution is 7.80. The first-order valence-electron chi connectivity index (χ1n) is 5.36. The molecule has 0 aromatic heterocycles. The molecule has 1 N–H and O–H groups in total. The standard InChI is InChI=1S/C10H16F4O4S/c1-8(2,3)7(15)18-6-4-5-9(11,12)10(13,14)19(16)17/h4-6H2,1-3H3,(H,16,17). The second-order valence-corrected chi connectivity index (χ2v) is 5.97. The van der Waals surface area contributed by atoms with E-state index in [1.54, 1.807) is 20.8 Å². The van der Waals surface area contributed by atoms with Crippen LogP contribution in [0.2, 0.25) is 0 Å². The summed E-state index contributed by atoms with van der Waals surface area (Å²) in [4.78, 5) is 11.2. The van der Waals surface area contributed by atoms with Gasteiger partial charge in [0.15, 0.2) is 0 Å². The summed E-state index contributed by atoms with van der Waals surface area (Å²) in [5.74, 6) is -5.28. The number of hydrogen-bond donors (Lipinski definition) is 1. The second-order valence-electron chi connectivity index (χ2n) is 4.96. The monoisotopic (exact) mass is 308 g/mol. The number of hydrogen-bond acceptors (Lipinski definition) is 3. The van der Waals surface area contributed by atoms with E-state index in [1.807, 2.05) is 0 Å². The van der Waals surface area contributed by atoms with Crippen molar-refractivity contribution in [2.24, 2.45) is 5.41 Å². The molecular weight excluding hydrogens is 292 g/mol. The van der Waals surface area contributed by atoms with E-state index >= 15 is 0 Å². The third kappa shape index (κ3) is 5.06. The van der Waals surface area contributed by atoms with E-state index in [0.717, 1.165) is 0 Å². The van der Waals surface area contributed by atoms with Gasteiger partial charge in [0, 0.05) is 6.42 Å². The van der Waals surface area contributed by atoms with E-state index in [0.29, 0.717) is 0 Å². The van der Waals surface area contributed by atoms with E-state index in [9.17, 15) is 26.6 Å². The quantitative estimate of drug-likeness (QED) is 0.355. The summed E-state index contributed by atoms with van der Waals surface area (Å²) < 4.78 is 74.2. The minimum Gasteiger partial charge on any atom is -0.465 e. The average Bonchev–Trinajstić information content (AvgIpc) is 2.22. The molecule has 0 spiro atoms. The summed E-state index contributed by atoms with van der Waals surface area (Å²) >= 11 is -3.96. The van der Waals surface area contributed by atoms with Crippen LogP contribution in [0, 0.1) is 5.41 Å². The molecule has 0 saturated carbocycles. The summed E-state index contributed by atoms with van der Waals surface area (Å²) in [7, 11) is 0. The maximum atomic E-state index is 13.0. The number of rotatable bonds is 6. The van der Waals surface area contributed by atoms with Gasteiger partial charge in [-0.15, -0.1) is 0 Å². The van der Waals surface area contributed by atoms with Crippen molar-refractivity contribution < 1.29 is 35.9 Å². The van der Waals surface area contributed by atoms with Gasteiger partial charge in [0.05, 0.1) is 12.0 Å². The molecule has 0 amide bonds. The van der Waals surface area contributed by atoms with Gasteiger partial charge in [0.1, 0.15) is 0 Å². The molecule has 0 rings (SSSR count). The van der Waals surface area contributed by atoms with Gasteiger partial charge >= 0.3 is 17.1 Å². The first-order chi connectivity index (χ1) is 8.32. The van der Waals surface area contributed by atoms with E-state index in [4.69, 9.17) is 4.55 Å². The van der Waals surface area contributed by atoms with Crippen LogP contribution in [0.3, 0.4) is 0 Å². The molecule has 0 aromatic carbocycles. The highest BCUT2D eigenvalue weighted by Crippen LogP contribution is 2.39. The predicted molar refractivity (Wildman–Crippen MR) is 60.3 cm³/mol. The van der Waals surface area contributed by atoms with Crippen LogP contribution in [-0.2, 0) is 20.6 Å². The highest BCUT2D eigenvalue weighted by Gasteiger charge is 2.60. The molecule has 0 aromatic rings. The van der Waals surface area contributed by atoms with Crippen LogP contribution in [0.4, 0.5) is 17.6 Å². The zero-order valence-corrected chi connectivity index (χ0v) is 11.5. The molecule has 9 heteroatoms. The maximum Gasteiger partial charge on any atom is 0.406 e. The Hall–Kier alpha value is -0.700. The third-order valence-electron chi connectivity index (χ3n) is 2.13. The van der Waals surface area contributed by atoms with E-state index < -0.39 is 53.1 Å². The molecule has 19 heavy (non-hydrogen) atoms. The normalized spacial score (nSPS) is 15.2. The zero-order chi connectivity index (χ0) is 15.5. The molecule has 114 valence electrons. The second kappa shape index (κ2) is 6.17. The lowest BCUT2D eigenvalue weighted by molar-refractivity contribution is -0.166. The Kier molecular flexibility index (Phi) is 5.94. The van der Waals surface area contributed by atoms with Crippen molar-refractivity contribution in [1.29, 1.82) is 0 Å². The first kappa shape index (κ1) is 18.3. The molecule has 0 fully saturated rings. The van der Waals surface area contributed by atoms with Crippen LogP contribution in [-0.4, -0.2) is 32.5 Å². The molecule has 0 saturated heterocycles. The average molecular weight is 308 g/mol. The zero-order valence-electron chi connectivity index (χ0n) is 10.7. The molecule has 4 nitrogen and oxygen atoms in total. The van der Waals surface area contributed by atoms with Crippen LogP contribution < -0.4 is 0 Å². The Balaban J connectivity index is 4.29. The van der Waals surface area contributed by atoms with Crippen LogP contribution in [0.15, 0.2) is 0 Å². The fourth-order valence-corrected chi connectivity index (χ4v) is 1.31. The minimum atomic E-state index is -5.03. The molecule has 0 aliphatic heterocycles. The van der Waals surface area contributed by atoms with Crippen molar-refractivity contribution in [2.75, 3.05) is 6.61 Å². The topological polar surface area (TPSA) is 63.6 Å². The Morgan fingerprint density at radius 2 is 1.68 bits per heavy atom. The summed E-state index contributed by atoms with van der Waals surface area (Å²) in [6.45, 7) is 4.19. The van der Waals surface area contributed by atoms with Gasteiger partial charge in [-0.3, -0.25) is 4.79 Å². The first-order valence-corrected chi connectivity index (χ1v) is 6.47. The van der Waals surface area contributed by atoms with E-state index in [1.165, 1.54) is 0 Å². The smallest absolute Gasteiger partial charge is 0.406 e. The fraction of sp³-hybridized carbons (Fsp3) is 0.900. The summed E-state index contributed by atoms with van der Waals surface area (Å²) in [5.41, 5.74) is -0.820. The molecule has 0 aliphatic rings. The summed E-state index contributed by atoms with van der Waals surface area (Å²) in [6.07, 6.45) is -1.90. The lowest BCUT2D eigenvalue weighted by Gasteiger charge is -2.23. The molecule has 1 atom stereocenters. The van der Waals surface area contributed by atoms with Crippen LogP contribution in [0.5, 0.6) is 0 Å². The van der Waals surface area contributed by atoms with Crippen LogP contribution >= 0.6 is 0 Å². The molecule has 0 radical (unpaired) electrons. The van der Waals surface area contributed by atoms with Crippen molar-refractivity contribution in [3.8, 4) is 0 Å². The largest absolute Gasteiger partial charge is 0.465 e. The van der Waals surface area contributed by atoms with E-state index in [2.05, 4.69) is 4.74 Å². The van der Waals surface area contributed by atoms with Crippen molar-refractivity contribution >= 4 is 17.0 Å². The lowest BCUT2D eigenvalue weighted by Crippen LogP contribution is -2.44. The Morgan fingerprint density at radius 3 is 2.05 bits per heavy atom. The maximum absolute atomic E-state index is 13.0. The summed E-state index contributed by atoms with van der Waals surface area (Å²) in [6, 6.07) is 0. The van der Waals surface area contributed by atoms with Crippen molar-refractivity contribution in [3.05, 3.63) is 0 Å². The number of carbonyl (C=O) groups is 1. The fourth-order valence-electron chi connectivity index (χ4n) is 0.949. The van der Waals surface area contributed by atoms with Crippen LogP contribution in [0.1, 0.15) is 33.6 Å².